The van der Waals surface area contributed by atoms with Gasteiger partial charge in [0.05, 0.1) is 5.69 Å². The highest BCUT2D eigenvalue weighted by Crippen LogP contribution is 2.20. The number of nitrogen functional groups attached to an aromatic ring is 1. The summed E-state index contributed by atoms with van der Waals surface area (Å²) < 4.78 is 1.88. The zero-order valence-corrected chi connectivity index (χ0v) is 12.9. The fraction of sp³-hybridized carbons (Fsp3) is 0.312. The van der Waals surface area contributed by atoms with Crippen molar-refractivity contribution in [2.45, 2.75) is 19.9 Å². The largest absolute Gasteiger partial charge is 0.397 e. The molecule has 5 heteroatoms. The number of hydrogen-bond acceptors (Lipinski definition) is 3. The van der Waals surface area contributed by atoms with Gasteiger partial charge in [-0.1, -0.05) is 6.07 Å². The molecule has 1 heterocycles. The lowest BCUT2D eigenvalue weighted by Crippen LogP contribution is -2.18. The van der Waals surface area contributed by atoms with E-state index in [2.05, 4.69) is 5.32 Å². The topological polar surface area (TPSA) is 63.3 Å². The molecular weight excluding hydrogens is 264 g/mol. The van der Waals surface area contributed by atoms with Crippen LogP contribution in [-0.4, -0.2) is 24.6 Å². The molecule has 21 heavy (non-hydrogen) atoms. The van der Waals surface area contributed by atoms with Gasteiger partial charge < -0.3 is 20.5 Å². The van der Waals surface area contributed by atoms with E-state index < -0.39 is 0 Å². The summed E-state index contributed by atoms with van der Waals surface area (Å²) in [6.45, 7) is 4.03. The molecule has 0 saturated carbocycles. The summed E-state index contributed by atoms with van der Waals surface area (Å²) in [4.78, 5) is 14.4. The quantitative estimate of drug-likeness (QED) is 0.908. The Morgan fingerprint density at radius 2 is 2.00 bits per heavy atom. The van der Waals surface area contributed by atoms with Crippen LogP contribution in [-0.2, 0) is 0 Å². The Kier molecular flexibility index (Phi) is 4.21. The van der Waals surface area contributed by atoms with Crippen LogP contribution < -0.4 is 16.0 Å². The van der Waals surface area contributed by atoms with Gasteiger partial charge >= 0.3 is 0 Å². The molecule has 0 unspecified atom stereocenters. The monoisotopic (exact) mass is 286 g/mol. The summed E-state index contributed by atoms with van der Waals surface area (Å²) in [6, 6.07) is 9.59. The highest BCUT2D eigenvalue weighted by Gasteiger charge is 2.15. The second kappa shape index (κ2) is 5.91. The molecule has 3 N–H and O–H groups in total. The first-order valence-electron chi connectivity index (χ1n) is 6.94. The van der Waals surface area contributed by atoms with Crippen molar-refractivity contribution in [3.05, 3.63) is 42.2 Å². The highest BCUT2D eigenvalue weighted by molar-refractivity contribution is 6.04. The number of nitrogens with zero attached hydrogens (tertiary/aromatic N) is 2. The van der Waals surface area contributed by atoms with E-state index >= 15 is 0 Å². The maximum absolute atomic E-state index is 12.4. The third-order valence-electron chi connectivity index (χ3n) is 3.28. The van der Waals surface area contributed by atoms with E-state index in [1.165, 1.54) is 0 Å². The molecule has 5 nitrogen and oxygen atoms in total. The van der Waals surface area contributed by atoms with Crippen molar-refractivity contribution in [1.29, 1.82) is 0 Å². The minimum atomic E-state index is -0.156. The summed E-state index contributed by atoms with van der Waals surface area (Å²) >= 11 is 0. The summed E-state index contributed by atoms with van der Waals surface area (Å²) in [5.41, 5.74) is 8.76. The van der Waals surface area contributed by atoms with Gasteiger partial charge in [0.2, 0.25) is 0 Å². The van der Waals surface area contributed by atoms with Gasteiger partial charge in [0, 0.05) is 37.7 Å². The van der Waals surface area contributed by atoms with Crippen molar-refractivity contribution in [2.24, 2.45) is 0 Å². The number of aromatic nitrogens is 1. The van der Waals surface area contributed by atoms with Crippen molar-refractivity contribution in [3.8, 4) is 0 Å². The van der Waals surface area contributed by atoms with Crippen LogP contribution in [0, 0.1) is 0 Å². The molecule has 0 fully saturated rings. The Balaban J connectivity index is 2.24. The van der Waals surface area contributed by atoms with Crippen LogP contribution in [0.3, 0.4) is 0 Å². The van der Waals surface area contributed by atoms with Gasteiger partial charge in [0.1, 0.15) is 5.69 Å². The van der Waals surface area contributed by atoms with Gasteiger partial charge in [-0.15, -0.1) is 0 Å². The van der Waals surface area contributed by atoms with Crippen LogP contribution in [0.15, 0.2) is 36.5 Å². The van der Waals surface area contributed by atoms with E-state index in [9.17, 15) is 4.79 Å². The van der Waals surface area contributed by atoms with Crippen molar-refractivity contribution in [2.75, 3.05) is 30.0 Å². The fourth-order valence-corrected chi connectivity index (χ4v) is 2.17. The van der Waals surface area contributed by atoms with Gasteiger partial charge in [-0.05, 0) is 38.1 Å². The van der Waals surface area contributed by atoms with Gasteiger partial charge in [-0.25, -0.2) is 0 Å². The number of benzene rings is 1. The molecule has 0 bridgehead atoms. The van der Waals surface area contributed by atoms with Crippen molar-refractivity contribution in [3.63, 3.8) is 0 Å². The van der Waals surface area contributed by atoms with E-state index in [0.29, 0.717) is 11.4 Å². The lowest BCUT2D eigenvalue weighted by molar-refractivity contribution is 0.101. The number of carbonyl (C=O) groups is 1. The van der Waals surface area contributed by atoms with Gasteiger partial charge in [0.15, 0.2) is 0 Å². The maximum Gasteiger partial charge on any atom is 0.272 e. The minimum absolute atomic E-state index is 0.156. The van der Waals surface area contributed by atoms with E-state index in [4.69, 9.17) is 5.73 Å². The molecule has 2 rings (SSSR count). The average molecular weight is 286 g/mol. The smallest absolute Gasteiger partial charge is 0.272 e. The minimum Gasteiger partial charge on any atom is -0.397 e. The zero-order valence-electron chi connectivity index (χ0n) is 12.9. The number of amides is 1. The molecule has 0 aliphatic heterocycles. The molecule has 0 aliphatic rings. The Hall–Kier alpha value is -2.43. The molecule has 0 aliphatic carbocycles. The Morgan fingerprint density at radius 3 is 2.62 bits per heavy atom. The summed E-state index contributed by atoms with van der Waals surface area (Å²) in [5.74, 6) is -0.156. The first-order valence-corrected chi connectivity index (χ1v) is 6.94. The molecule has 1 amide bonds. The van der Waals surface area contributed by atoms with Gasteiger partial charge in [0.25, 0.3) is 5.91 Å². The molecule has 0 atom stereocenters. The molecule has 2 aromatic rings. The maximum atomic E-state index is 12.4. The van der Waals surface area contributed by atoms with E-state index in [-0.39, 0.29) is 11.9 Å². The molecule has 0 saturated heterocycles. The van der Waals surface area contributed by atoms with E-state index in [0.717, 1.165) is 11.4 Å². The van der Waals surface area contributed by atoms with E-state index in [1.807, 2.05) is 61.7 Å². The average Bonchev–Trinajstić information content (AvgIpc) is 2.81. The van der Waals surface area contributed by atoms with Crippen LogP contribution >= 0.6 is 0 Å². The van der Waals surface area contributed by atoms with Gasteiger partial charge in [-0.3, -0.25) is 4.79 Å². The van der Waals surface area contributed by atoms with Crippen molar-refractivity contribution < 1.29 is 4.79 Å². The second-order valence-corrected chi connectivity index (χ2v) is 5.56. The predicted octanol–water partition coefficient (Wildman–Crippen LogP) is 2.97. The number of carbonyl (C=O) groups excluding carboxylic acids is 1. The van der Waals surface area contributed by atoms with Crippen LogP contribution in [0.1, 0.15) is 30.4 Å². The van der Waals surface area contributed by atoms with Crippen LogP contribution in [0.2, 0.25) is 0 Å². The zero-order chi connectivity index (χ0) is 15.6. The number of nitrogens with two attached hydrogens (primary N) is 1. The SMILES string of the molecule is CC(C)n1cc(N)cc1C(=O)Nc1cccc(N(C)C)c1. The van der Waals surface area contributed by atoms with Crippen LogP contribution in [0.5, 0.6) is 0 Å². The molecule has 1 aromatic heterocycles. The summed E-state index contributed by atoms with van der Waals surface area (Å²) in [7, 11) is 3.93. The Morgan fingerprint density at radius 1 is 1.29 bits per heavy atom. The van der Waals surface area contributed by atoms with Crippen LogP contribution in [0.4, 0.5) is 17.1 Å². The normalized spacial score (nSPS) is 10.7. The Bertz CT molecular complexity index is 643. The van der Waals surface area contributed by atoms with Crippen LogP contribution in [0.25, 0.3) is 0 Å². The first kappa shape index (κ1) is 15.0. The van der Waals surface area contributed by atoms with Crippen molar-refractivity contribution >= 4 is 23.0 Å². The first-order chi connectivity index (χ1) is 9.88. The highest BCUT2D eigenvalue weighted by atomic mass is 16.1. The summed E-state index contributed by atoms with van der Waals surface area (Å²) in [5, 5.41) is 2.92. The molecule has 1 aromatic carbocycles. The third-order valence-corrected chi connectivity index (χ3v) is 3.28. The molecule has 112 valence electrons. The molecule has 0 spiro atoms. The number of anilines is 3. The standard InChI is InChI=1S/C16H22N4O/c1-11(2)20-10-12(17)8-15(20)16(21)18-13-6-5-7-14(9-13)19(3)4/h5-11H,17H2,1-4H3,(H,18,21). The fourth-order valence-electron chi connectivity index (χ4n) is 2.17. The molecular formula is C16H22N4O. The number of rotatable bonds is 4. The predicted molar refractivity (Wildman–Crippen MR) is 88.0 cm³/mol. The van der Waals surface area contributed by atoms with E-state index in [1.54, 1.807) is 12.3 Å². The molecule has 0 radical (unpaired) electrons. The number of hydrogen-bond donors (Lipinski definition) is 2. The second-order valence-electron chi connectivity index (χ2n) is 5.56. The summed E-state index contributed by atoms with van der Waals surface area (Å²) in [6.07, 6.45) is 1.79. The lowest BCUT2D eigenvalue weighted by Gasteiger charge is -2.15. The third kappa shape index (κ3) is 3.37. The lowest BCUT2D eigenvalue weighted by atomic mass is 10.2. The number of nitrogens with one attached hydrogen (secondary N) is 1. The van der Waals surface area contributed by atoms with Gasteiger partial charge in [-0.2, -0.15) is 0 Å². The Labute approximate surface area is 125 Å². The van der Waals surface area contributed by atoms with Crippen molar-refractivity contribution in [1.82, 2.24) is 4.57 Å².